The molecule has 94 valence electrons. The maximum atomic E-state index is 11.4. The largest absolute Gasteiger partial charge is 0.386 e. The summed E-state index contributed by atoms with van der Waals surface area (Å²) in [7, 11) is 0. The van der Waals surface area contributed by atoms with E-state index in [0.29, 0.717) is 5.57 Å². The molecule has 0 bridgehead atoms. The van der Waals surface area contributed by atoms with E-state index >= 15 is 0 Å². The van der Waals surface area contributed by atoms with Gasteiger partial charge in [-0.2, -0.15) is 0 Å². The van der Waals surface area contributed by atoms with E-state index in [1.54, 1.807) is 13.0 Å². The molecular formula is C14H20O3. The monoisotopic (exact) mass is 236 g/mol. The van der Waals surface area contributed by atoms with E-state index in [-0.39, 0.29) is 5.57 Å². The lowest BCUT2D eigenvalue weighted by molar-refractivity contribution is -0.153. The summed E-state index contributed by atoms with van der Waals surface area (Å²) >= 11 is 0. The average molecular weight is 236 g/mol. The number of ether oxygens (including phenoxy) is 1. The van der Waals surface area contributed by atoms with E-state index < -0.39 is 11.9 Å². The SMILES string of the molecule is C=C(C)C(=O)OC(=O)C(C)=C=CCCCCC. The first-order chi connectivity index (χ1) is 7.99. The van der Waals surface area contributed by atoms with Crippen LogP contribution < -0.4 is 0 Å². The third kappa shape index (κ3) is 7.31. The quantitative estimate of drug-likeness (QED) is 0.233. The van der Waals surface area contributed by atoms with Gasteiger partial charge in [0.05, 0.1) is 5.57 Å². The minimum atomic E-state index is -0.692. The summed E-state index contributed by atoms with van der Waals surface area (Å²) in [6.07, 6.45) is 6.09. The van der Waals surface area contributed by atoms with E-state index in [1.807, 2.05) is 0 Å². The molecule has 0 aliphatic rings. The summed E-state index contributed by atoms with van der Waals surface area (Å²) in [4.78, 5) is 22.5. The highest BCUT2D eigenvalue weighted by molar-refractivity contribution is 6.00. The number of rotatable bonds is 6. The normalized spacial score (nSPS) is 9.12. The zero-order valence-electron chi connectivity index (χ0n) is 10.8. The Morgan fingerprint density at radius 1 is 1.24 bits per heavy atom. The molecule has 0 amide bonds. The van der Waals surface area contributed by atoms with Gasteiger partial charge in [0.2, 0.25) is 0 Å². The van der Waals surface area contributed by atoms with Crippen molar-refractivity contribution < 1.29 is 14.3 Å². The number of carbonyl (C=O) groups excluding carboxylic acids is 2. The van der Waals surface area contributed by atoms with Crippen LogP contribution in [0.3, 0.4) is 0 Å². The molecule has 0 saturated carbocycles. The van der Waals surface area contributed by atoms with Crippen molar-refractivity contribution in [1.82, 2.24) is 0 Å². The van der Waals surface area contributed by atoms with Crippen LogP contribution in [0.2, 0.25) is 0 Å². The Hall–Kier alpha value is -1.60. The Balaban J connectivity index is 4.24. The Morgan fingerprint density at radius 2 is 1.88 bits per heavy atom. The topological polar surface area (TPSA) is 43.4 Å². The summed E-state index contributed by atoms with van der Waals surface area (Å²) in [6.45, 7) is 8.60. The maximum Gasteiger partial charge on any atom is 0.349 e. The summed E-state index contributed by atoms with van der Waals surface area (Å²) in [5, 5.41) is 0. The molecule has 0 atom stereocenters. The second kappa shape index (κ2) is 8.54. The number of hydrogen-bond donors (Lipinski definition) is 0. The van der Waals surface area contributed by atoms with Gasteiger partial charge in [-0.3, -0.25) is 0 Å². The maximum absolute atomic E-state index is 11.4. The molecule has 0 aromatic carbocycles. The zero-order valence-corrected chi connectivity index (χ0v) is 10.8. The third-order valence-electron chi connectivity index (χ3n) is 2.11. The van der Waals surface area contributed by atoms with E-state index in [1.165, 1.54) is 6.92 Å². The molecule has 0 rings (SSSR count). The van der Waals surface area contributed by atoms with Crippen molar-refractivity contribution in [2.24, 2.45) is 0 Å². The Kier molecular flexibility index (Phi) is 7.74. The van der Waals surface area contributed by atoms with Gasteiger partial charge in [0.25, 0.3) is 0 Å². The molecule has 0 aliphatic heterocycles. The van der Waals surface area contributed by atoms with Crippen molar-refractivity contribution in [3.63, 3.8) is 0 Å². The van der Waals surface area contributed by atoms with Crippen LogP contribution in [0.15, 0.2) is 29.5 Å². The molecule has 0 heterocycles. The number of hydrogen-bond acceptors (Lipinski definition) is 3. The van der Waals surface area contributed by atoms with Crippen LogP contribution in [0.1, 0.15) is 46.5 Å². The first kappa shape index (κ1) is 15.4. The van der Waals surface area contributed by atoms with Gasteiger partial charge in [-0.1, -0.05) is 26.3 Å². The van der Waals surface area contributed by atoms with Crippen molar-refractivity contribution in [3.8, 4) is 0 Å². The summed E-state index contributed by atoms with van der Waals surface area (Å²) < 4.78 is 4.55. The molecule has 0 aliphatic carbocycles. The van der Waals surface area contributed by atoms with Gasteiger partial charge in [-0.05, 0) is 32.8 Å². The second-order valence-electron chi connectivity index (χ2n) is 3.93. The standard InChI is InChI=1S/C14H20O3/c1-5-6-7-8-9-10-12(4)14(16)17-13(15)11(2)3/h9H,2,5-8H2,1,3-4H3. The van der Waals surface area contributed by atoms with Gasteiger partial charge in [0.1, 0.15) is 0 Å². The Labute approximate surface area is 103 Å². The van der Waals surface area contributed by atoms with Gasteiger partial charge in [-0.15, -0.1) is 5.73 Å². The van der Waals surface area contributed by atoms with Gasteiger partial charge in [0, 0.05) is 5.57 Å². The van der Waals surface area contributed by atoms with E-state index in [4.69, 9.17) is 0 Å². The van der Waals surface area contributed by atoms with E-state index in [2.05, 4.69) is 24.0 Å². The molecule has 0 saturated heterocycles. The zero-order chi connectivity index (χ0) is 13.3. The molecule has 0 N–H and O–H groups in total. The van der Waals surface area contributed by atoms with E-state index in [9.17, 15) is 9.59 Å². The summed E-state index contributed by atoms with van der Waals surface area (Å²) in [6, 6.07) is 0. The van der Waals surface area contributed by atoms with Crippen LogP contribution in [-0.4, -0.2) is 11.9 Å². The highest BCUT2D eigenvalue weighted by Gasteiger charge is 2.11. The van der Waals surface area contributed by atoms with Crippen LogP contribution in [0.25, 0.3) is 0 Å². The lowest BCUT2D eigenvalue weighted by Crippen LogP contribution is -2.13. The fraction of sp³-hybridized carbons (Fsp3) is 0.500. The van der Waals surface area contributed by atoms with Gasteiger partial charge >= 0.3 is 11.9 Å². The predicted molar refractivity (Wildman–Crippen MR) is 67.3 cm³/mol. The average Bonchev–Trinajstić information content (AvgIpc) is 2.28. The molecule has 0 fully saturated rings. The van der Waals surface area contributed by atoms with Crippen molar-refractivity contribution in [2.45, 2.75) is 46.5 Å². The molecule has 17 heavy (non-hydrogen) atoms. The van der Waals surface area contributed by atoms with Gasteiger partial charge in [-0.25, -0.2) is 9.59 Å². The molecule has 0 radical (unpaired) electrons. The molecule has 0 unspecified atom stereocenters. The predicted octanol–water partition coefficient (Wildman–Crippen LogP) is 3.31. The molecule has 0 aromatic heterocycles. The summed E-state index contributed by atoms with van der Waals surface area (Å²) in [5.74, 6) is -1.35. The van der Waals surface area contributed by atoms with Crippen LogP contribution >= 0.6 is 0 Å². The lowest BCUT2D eigenvalue weighted by Gasteiger charge is -2.00. The van der Waals surface area contributed by atoms with E-state index in [0.717, 1.165) is 25.7 Å². The molecular weight excluding hydrogens is 216 g/mol. The van der Waals surface area contributed by atoms with Crippen LogP contribution in [0.4, 0.5) is 0 Å². The van der Waals surface area contributed by atoms with Gasteiger partial charge < -0.3 is 4.74 Å². The first-order valence-corrected chi connectivity index (χ1v) is 5.82. The highest BCUT2D eigenvalue weighted by Crippen LogP contribution is 2.02. The van der Waals surface area contributed by atoms with Crippen molar-refractivity contribution in [2.75, 3.05) is 0 Å². The highest BCUT2D eigenvalue weighted by atomic mass is 16.6. The van der Waals surface area contributed by atoms with Crippen molar-refractivity contribution >= 4 is 11.9 Å². The number of carbonyl (C=O) groups is 2. The lowest BCUT2D eigenvalue weighted by atomic mass is 10.2. The minimum Gasteiger partial charge on any atom is -0.386 e. The van der Waals surface area contributed by atoms with Crippen LogP contribution in [-0.2, 0) is 14.3 Å². The number of esters is 2. The fourth-order valence-corrected chi connectivity index (χ4v) is 1.03. The molecule has 0 spiro atoms. The smallest absolute Gasteiger partial charge is 0.349 e. The fourth-order valence-electron chi connectivity index (χ4n) is 1.03. The second-order valence-corrected chi connectivity index (χ2v) is 3.93. The Bertz CT molecular complexity index is 358. The summed E-state index contributed by atoms with van der Waals surface area (Å²) in [5.41, 5.74) is 3.33. The molecule has 3 nitrogen and oxygen atoms in total. The van der Waals surface area contributed by atoms with Gasteiger partial charge in [0.15, 0.2) is 0 Å². The number of unbranched alkanes of at least 4 members (excludes halogenated alkanes) is 3. The van der Waals surface area contributed by atoms with Crippen molar-refractivity contribution in [1.29, 1.82) is 0 Å². The van der Waals surface area contributed by atoms with Crippen molar-refractivity contribution in [3.05, 3.63) is 29.5 Å². The van der Waals surface area contributed by atoms with Crippen LogP contribution in [0, 0.1) is 0 Å². The molecule has 3 heteroatoms. The third-order valence-corrected chi connectivity index (χ3v) is 2.11. The minimum absolute atomic E-state index is 0.207. The van der Waals surface area contributed by atoms with Crippen LogP contribution in [0.5, 0.6) is 0 Å². The first-order valence-electron chi connectivity index (χ1n) is 5.82. The Morgan fingerprint density at radius 3 is 2.41 bits per heavy atom. The molecule has 0 aromatic rings.